The molecule has 0 bridgehead atoms. The third kappa shape index (κ3) is 3.55. The summed E-state index contributed by atoms with van der Waals surface area (Å²) in [7, 11) is 0. The van der Waals surface area contributed by atoms with E-state index in [4.69, 9.17) is 20.3 Å². The Kier molecular flexibility index (Phi) is 5.46. The predicted molar refractivity (Wildman–Crippen MR) is 116 cm³/mol. The minimum absolute atomic E-state index is 0.0606. The molecular formula is C23H27N5O3. The van der Waals surface area contributed by atoms with Crippen molar-refractivity contribution < 1.29 is 14.3 Å². The van der Waals surface area contributed by atoms with E-state index in [1.165, 1.54) is 0 Å². The van der Waals surface area contributed by atoms with Crippen LogP contribution in [0.3, 0.4) is 0 Å². The molecule has 1 fully saturated rings. The van der Waals surface area contributed by atoms with Crippen molar-refractivity contribution in [2.24, 2.45) is 5.73 Å². The summed E-state index contributed by atoms with van der Waals surface area (Å²) in [6, 6.07) is 10.0. The summed E-state index contributed by atoms with van der Waals surface area (Å²) in [5, 5.41) is 14.7. The summed E-state index contributed by atoms with van der Waals surface area (Å²) in [5.74, 6) is 0.393. The van der Waals surface area contributed by atoms with Gasteiger partial charge in [0.05, 0.1) is 29.8 Å². The highest BCUT2D eigenvalue weighted by Crippen LogP contribution is 2.46. The molecule has 1 aromatic heterocycles. The van der Waals surface area contributed by atoms with Gasteiger partial charge in [-0.05, 0) is 37.5 Å². The molecule has 4 rings (SSSR count). The first-order valence-electron chi connectivity index (χ1n) is 10.5. The number of fused-ring (bicyclic) bond motifs is 1. The number of anilines is 1. The number of hydrogen-bond acceptors (Lipinski definition) is 6. The van der Waals surface area contributed by atoms with Crippen molar-refractivity contribution in [3.8, 4) is 11.9 Å². The van der Waals surface area contributed by atoms with Crippen LogP contribution in [0.2, 0.25) is 0 Å². The second-order valence-electron chi connectivity index (χ2n) is 8.41. The average Bonchev–Trinajstić information content (AvgIpc) is 3.13. The highest BCUT2D eigenvalue weighted by atomic mass is 16.5. The number of nitriles is 1. The van der Waals surface area contributed by atoms with Gasteiger partial charge in [-0.3, -0.25) is 4.79 Å². The number of hydrogen-bond donors (Lipinski definition) is 1. The molecule has 0 spiro atoms. The Morgan fingerprint density at radius 3 is 2.52 bits per heavy atom. The molecule has 0 radical (unpaired) electrons. The quantitative estimate of drug-likeness (QED) is 0.813. The Balaban J connectivity index is 1.82. The molecule has 1 saturated heterocycles. The number of ether oxygens (including phenoxy) is 2. The van der Waals surface area contributed by atoms with E-state index in [0.717, 1.165) is 22.5 Å². The van der Waals surface area contributed by atoms with Crippen LogP contribution in [0.15, 0.2) is 35.7 Å². The van der Waals surface area contributed by atoms with Gasteiger partial charge >= 0.3 is 0 Å². The van der Waals surface area contributed by atoms with E-state index in [1.807, 2.05) is 42.8 Å². The highest BCUT2D eigenvalue weighted by molar-refractivity contribution is 5.94. The summed E-state index contributed by atoms with van der Waals surface area (Å²) in [5.41, 5.74) is 10.0. The summed E-state index contributed by atoms with van der Waals surface area (Å²) in [6.07, 6.45) is 0. The molecular weight excluding hydrogens is 394 g/mol. The molecule has 1 unspecified atom stereocenters. The topological polar surface area (TPSA) is 106 Å². The molecule has 0 saturated carbocycles. The molecule has 8 heteroatoms. The Morgan fingerprint density at radius 2 is 1.94 bits per heavy atom. The summed E-state index contributed by atoms with van der Waals surface area (Å²) < 4.78 is 13.0. The zero-order chi connectivity index (χ0) is 22.3. The second-order valence-corrected chi connectivity index (χ2v) is 8.41. The lowest BCUT2D eigenvalue weighted by molar-refractivity contribution is -0.125. The molecule has 2 aliphatic rings. The van der Waals surface area contributed by atoms with Crippen LogP contribution in [-0.4, -0.2) is 35.4 Å². The fraction of sp³-hybridized carbons (Fsp3) is 0.435. The van der Waals surface area contributed by atoms with Crippen molar-refractivity contribution in [2.45, 2.75) is 45.6 Å². The van der Waals surface area contributed by atoms with Gasteiger partial charge in [-0.15, -0.1) is 0 Å². The van der Waals surface area contributed by atoms with Crippen LogP contribution in [0.1, 0.15) is 62.4 Å². The number of allylic oxidation sites excluding steroid dienone is 1. The number of carbonyl (C=O) groups excluding carboxylic acids is 1. The van der Waals surface area contributed by atoms with Gasteiger partial charge in [0.1, 0.15) is 18.2 Å². The zero-order valence-corrected chi connectivity index (χ0v) is 18.3. The third-order valence-electron chi connectivity index (χ3n) is 5.66. The molecule has 31 heavy (non-hydrogen) atoms. The number of nitrogens with two attached hydrogens (primary N) is 1. The van der Waals surface area contributed by atoms with E-state index in [0.29, 0.717) is 24.6 Å². The molecule has 0 aliphatic carbocycles. The molecule has 2 N–H and O–H groups in total. The molecule has 1 aromatic carbocycles. The van der Waals surface area contributed by atoms with Gasteiger partial charge in [0.25, 0.3) is 5.91 Å². The van der Waals surface area contributed by atoms with Crippen LogP contribution in [-0.2, 0) is 9.53 Å². The van der Waals surface area contributed by atoms with Gasteiger partial charge < -0.3 is 20.1 Å². The zero-order valence-electron chi connectivity index (χ0n) is 18.3. The maximum Gasteiger partial charge on any atom is 0.253 e. The van der Waals surface area contributed by atoms with Gasteiger partial charge in [0, 0.05) is 12.2 Å². The maximum atomic E-state index is 12.2. The second kappa shape index (κ2) is 8.08. The first-order valence-corrected chi connectivity index (χ1v) is 10.5. The van der Waals surface area contributed by atoms with E-state index in [9.17, 15) is 10.1 Å². The molecule has 2 aromatic rings. The molecule has 1 atom stereocenters. The minimum atomic E-state index is -0.381. The van der Waals surface area contributed by atoms with Gasteiger partial charge in [0.2, 0.25) is 11.8 Å². The Labute approximate surface area is 181 Å². The Hall–Kier alpha value is -3.31. The molecule has 1 amide bonds. The summed E-state index contributed by atoms with van der Waals surface area (Å²) in [6.45, 7) is 9.34. The number of rotatable bonds is 4. The number of morpholine rings is 1. The van der Waals surface area contributed by atoms with E-state index in [1.54, 1.807) is 4.90 Å². The Morgan fingerprint density at radius 1 is 1.23 bits per heavy atom. The van der Waals surface area contributed by atoms with E-state index in [2.05, 4.69) is 19.9 Å². The smallest absolute Gasteiger partial charge is 0.253 e. The molecule has 162 valence electrons. The van der Waals surface area contributed by atoms with Crippen molar-refractivity contribution >= 4 is 11.6 Å². The standard InChI is InChI=1S/C23H27N5O3/c1-13(2)21-20-19(17(11-24)22(25)31-23(20)28(26-21)14(3)4)15-5-7-16(8-6-15)27-9-10-30-12-18(27)29/h5-8,13-14,19H,9-10,12,25H2,1-4H3. The average molecular weight is 422 g/mol. The van der Waals surface area contributed by atoms with Crippen LogP contribution in [0.25, 0.3) is 0 Å². The normalized spacial score (nSPS) is 18.9. The van der Waals surface area contributed by atoms with Gasteiger partial charge in [-0.2, -0.15) is 10.4 Å². The van der Waals surface area contributed by atoms with Crippen LogP contribution < -0.4 is 15.4 Å². The first kappa shape index (κ1) is 20.9. The fourth-order valence-electron chi connectivity index (χ4n) is 4.13. The van der Waals surface area contributed by atoms with Crippen molar-refractivity contribution in [3.05, 3.63) is 52.5 Å². The lowest BCUT2D eigenvalue weighted by Crippen LogP contribution is -2.41. The SMILES string of the molecule is CC(C)c1nn(C(C)C)c2c1C(c1ccc(N3CCOCC3=O)cc1)C(C#N)=C(N)O2. The largest absolute Gasteiger partial charge is 0.422 e. The molecule has 3 heterocycles. The van der Waals surface area contributed by atoms with Crippen LogP contribution >= 0.6 is 0 Å². The lowest BCUT2D eigenvalue weighted by Gasteiger charge is -2.28. The van der Waals surface area contributed by atoms with Gasteiger partial charge in [-0.1, -0.05) is 26.0 Å². The van der Waals surface area contributed by atoms with Crippen LogP contribution in [0, 0.1) is 11.3 Å². The predicted octanol–water partition coefficient (Wildman–Crippen LogP) is 3.17. The van der Waals surface area contributed by atoms with Crippen molar-refractivity contribution in [1.29, 1.82) is 5.26 Å². The van der Waals surface area contributed by atoms with E-state index >= 15 is 0 Å². The van der Waals surface area contributed by atoms with Gasteiger partial charge in [0.15, 0.2) is 0 Å². The molecule has 8 nitrogen and oxygen atoms in total. The number of aromatic nitrogens is 2. The van der Waals surface area contributed by atoms with E-state index in [-0.39, 0.29) is 36.3 Å². The highest BCUT2D eigenvalue weighted by Gasteiger charge is 2.38. The lowest BCUT2D eigenvalue weighted by atomic mass is 9.82. The van der Waals surface area contributed by atoms with Crippen molar-refractivity contribution in [2.75, 3.05) is 24.7 Å². The van der Waals surface area contributed by atoms with Crippen LogP contribution in [0.4, 0.5) is 5.69 Å². The summed E-state index contributed by atoms with van der Waals surface area (Å²) >= 11 is 0. The van der Waals surface area contributed by atoms with Crippen LogP contribution in [0.5, 0.6) is 5.88 Å². The number of benzene rings is 1. The van der Waals surface area contributed by atoms with Crippen molar-refractivity contribution in [1.82, 2.24) is 9.78 Å². The van der Waals surface area contributed by atoms with Crippen molar-refractivity contribution in [3.63, 3.8) is 0 Å². The monoisotopic (exact) mass is 421 g/mol. The first-order chi connectivity index (χ1) is 14.8. The number of nitrogens with zero attached hydrogens (tertiary/aromatic N) is 4. The number of carbonyl (C=O) groups is 1. The Bertz CT molecular complexity index is 1080. The van der Waals surface area contributed by atoms with Gasteiger partial charge in [-0.25, -0.2) is 4.68 Å². The fourth-order valence-corrected chi connectivity index (χ4v) is 4.13. The summed E-state index contributed by atoms with van der Waals surface area (Å²) in [4.78, 5) is 13.9. The maximum absolute atomic E-state index is 12.2. The van der Waals surface area contributed by atoms with E-state index < -0.39 is 0 Å². The third-order valence-corrected chi connectivity index (χ3v) is 5.66. The minimum Gasteiger partial charge on any atom is -0.422 e. The number of amides is 1. The molecule has 2 aliphatic heterocycles.